The molecule has 2 aromatic carbocycles. The zero-order valence-electron chi connectivity index (χ0n) is 10.8. The first-order valence-electron chi connectivity index (χ1n) is 6.15. The van der Waals surface area contributed by atoms with E-state index < -0.39 is 0 Å². The van der Waals surface area contributed by atoms with Crippen molar-refractivity contribution in [2.45, 2.75) is 10.9 Å². The van der Waals surface area contributed by atoms with Crippen LogP contribution in [0.2, 0.25) is 5.02 Å². The number of para-hydroxylation sites is 1. The molecule has 3 rings (SSSR count). The average Bonchev–Trinajstić information content (AvgIpc) is 2.95. The molecular formula is C14H10ClFN4S. The summed E-state index contributed by atoms with van der Waals surface area (Å²) in [6.07, 6.45) is 0. The highest BCUT2D eigenvalue weighted by Crippen LogP contribution is 2.26. The van der Waals surface area contributed by atoms with Crippen molar-refractivity contribution in [1.29, 1.82) is 0 Å². The van der Waals surface area contributed by atoms with Gasteiger partial charge in [-0.3, -0.25) is 0 Å². The minimum absolute atomic E-state index is 0.323. The fourth-order valence-electron chi connectivity index (χ4n) is 1.80. The van der Waals surface area contributed by atoms with Crippen molar-refractivity contribution < 1.29 is 4.39 Å². The Morgan fingerprint density at radius 2 is 1.86 bits per heavy atom. The van der Waals surface area contributed by atoms with Crippen LogP contribution in [0.4, 0.5) is 4.39 Å². The van der Waals surface area contributed by atoms with Gasteiger partial charge in [-0.2, -0.15) is 4.68 Å². The van der Waals surface area contributed by atoms with Crippen molar-refractivity contribution in [2.24, 2.45) is 0 Å². The molecule has 1 aromatic heterocycles. The third-order valence-electron chi connectivity index (χ3n) is 2.84. The van der Waals surface area contributed by atoms with Gasteiger partial charge in [0.1, 0.15) is 11.5 Å². The van der Waals surface area contributed by atoms with Gasteiger partial charge in [-0.15, -0.1) is 5.10 Å². The lowest BCUT2D eigenvalue weighted by atomic mass is 10.2. The zero-order valence-corrected chi connectivity index (χ0v) is 12.4. The SMILES string of the molecule is Fc1ccccc1-n1nnnc1SCc1ccccc1Cl. The van der Waals surface area contributed by atoms with Gasteiger partial charge in [0.15, 0.2) is 0 Å². The second kappa shape index (κ2) is 6.24. The van der Waals surface area contributed by atoms with Crippen LogP contribution < -0.4 is 0 Å². The number of benzene rings is 2. The highest BCUT2D eigenvalue weighted by molar-refractivity contribution is 7.98. The van der Waals surface area contributed by atoms with E-state index in [1.165, 1.54) is 22.5 Å². The Bertz CT molecular complexity index is 762. The first-order chi connectivity index (χ1) is 10.3. The van der Waals surface area contributed by atoms with Crippen LogP contribution in [0.15, 0.2) is 53.7 Å². The number of tetrazole rings is 1. The molecule has 3 aromatic rings. The monoisotopic (exact) mass is 320 g/mol. The van der Waals surface area contributed by atoms with E-state index in [9.17, 15) is 4.39 Å². The number of halogens is 2. The molecule has 0 aliphatic heterocycles. The Balaban J connectivity index is 1.84. The molecule has 0 radical (unpaired) electrons. The molecule has 0 N–H and O–H groups in total. The van der Waals surface area contributed by atoms with Crippen LogP contribution in [0.3, 0.4) is 0 Å². The van der Waals surface area contributed by atoms with Gasteiger partial charge in [0.05, 0.1) is 0 Å². The molecule has 21 heavy (non-hydrogen) atoms. The van der Waals surface area contributed by atoms with Gasteiger partial charge in [-0.1, -0.05) is 53.7 Å². The number of nitrogens with zero attached hydrogens (tertiary/aromatic N) is 4. The van der Waals surface area contributed by atoms with Crippen LogP contribution in [-0.2, 0) is 5.75 Å². The maximum absolute atomic E-state index is 13.8. The van der Waals surface area contributed by atoms with Crippen LogP contribution >= 0.6 is 23.4 Å². The maximum atomic E-state index is 13.8. The molecule has 0 fully saturated rings. The van der Waals surface area contributed by atoms with Crippen LogP contribution in [0.1, 0.15) is 5.56 Å². The van der Waals surface area contributed by atoms with Crippen molar-refractivity contribution >= 4 is 23.4 Å². The summed E-state index contributed by atoms with van der Waals surface area (Å²) >= 11 is 7.51. The Hall–Kier alpha value is -1.92. The largest absolute Gasteiger partial charge is 0.214 e. The highest BCUT2D eigenvalue weighted by atomic mass is 35.5. The maximum Gasteiger partial charge on any atom is 0.214 e. The second-order valence-corrected chi connectivity index (χ2v) is 5.55. The lowest BCUT2D eigenvalue weighted by Gasteiger charge is -2.06. The van der Waals surface area contributed by atoms with Crippen LogP contribution in [0.5, 0.6) is 0 Å². The van der Waals surface area contributed by atoms with E-state index in [1.54, 1.807) is 18.2 Å². The molecule has 106 valence electrons. The third-order valence-corrected chi connectivity index (χ3v) is 4.17. The van der Waals surface area contributed by atoms with Crippen molar-refractivity contribution in [3.63, 3.8) is 0 Å². The van der Waals surface area contributed by atoms with Gasteiger partial charge in [0.2, 0.25) is 5.16 Å². The van der Waals surface area contributed by atoms with Crippen molar-refractivity contribution in [2.75, 3.05) is 0 Å². The molecule has 0 aliphatic carbocycles. The molecule has 0 bridgehead atoms. The summed E-state index contributed by atoms with van der Waals surface area (Å²) < 4.78 is 15.2. The van der Waals surface area contributed by atoms with E-state index in [-0.39, 0.29) is 5.82 Å². The van der Waals surface area contributed by atoms with Gasteiger partial charge in [-0.05, 0) is 34.2 Å². The molecule has 0 amide bonds. The van der Waals surface area contributed by atoms with E-state index in [1.807, 2.05) is 24.3 Å². The normalized spacial score (nSPS) is 10.8. The van der Waals surface area contributed by atoms with Gasteiger partial charge >= 0.3 is 0 Å². The molecule has 0 saturated heterocycles. The minimum Gasteiger partial charge on any atom is -0.205 e. The van der Waals surface area contributed by atoms with E-state index in [2.05, 4.69) is 15.5 Å². The van der Waals surface area contributed by atoms with Crippen LogP contribution in [0.25, 0.3) is 5.69 Å². The summed E-state index contributed by atoms with van der Waals surface area (Å²) in [5.41, 5.74) is 1.30. The number of rotatable bonds is 4. The molecule has 0 saturated carbocycles. The standard InChI is InChI=1S/C14H10ClFN4S/c15-11-6-2-1-5-10(11)9-21-14-17-18-19-20(14)13-8-4-3-7-12(13)16/h1-8H,9H2. The summed E-state index contributed by atoms with van der Waals surface area (Å²) in [7, 11) is 0. The predicted octanol–water partition coefficient (Wildman–Crippen LogP) is 3.75. The summed E-state index contributed by atoms with van der Waals surface area (Å²) in [6.45, 7) is 0. The number of hydrogen-bond donors (Lipinski definition) is 0. The number of thioether (sulfide) groups is 1. The number of hydrogen-bond acceptors (Lipinski definition) is 4. The van der Waals surface area contributed by atoms with Crippen molar-refractivity contribution in [1.82, 2.24) is 20.2 Å². The van der Waals surface area contributed by atoms with E-state index in [0.29, 0.717) is 21.6 Å². The lowest BCUT2D eigenvalue weighted by Crippen LogP contribution is -2.01. The topological polar surface area (TPSA) is 43.6 Å². The molecule has 0 spiro atoms. The lowest BCUT2D eigenvalue weighted by molar-refractivity contribution is 0.599. The summed E-state index contributed by atoms with van der Waals surface area (Å²) in [5, 5.41) is 12.6. The summed E-state index contributed by atoms with van der Waals surface area (Å²) in [4.78, 5) is 0. The van der Waals surface area contributed by atoms with Crippen LogP contribution in [0, 0.1) is 5.82 Å². The molecule has 0 unspecified atom stereocenters. The van der Waals surface area contributed by atoms with Gasteiger partial charge in [-0.25, -0.2) is 4.39 Å². The Morgan fingerprint density at radius 1 is 1.10 bits per heavy atom. The predicted molar refractivity (Wildman–Crippen MR) is 80.1 cm³/mol. The third kappa shape index (κ3) is 3.06. The molecule has 4 nitrogen and oxygen atoms in total. The Labute approximate surface area is 129 Å². The van der Waals surface area contributed by atoms with Gasteiger partial charge in [0, 0.05) is 10.8 Å². The van der Waals surface area contributed by atoms with Gasteiger partial charge < -0.3 is 0 Å². The van der Waals surface area contributed by atoms with Crippen molar-refractivity contribution in [3.8, 4) is 5.69 Å². The molecule has 0 atom stereocenters. The highest BCUT2D eigenvalue weighted by Gasteiger charge is 2.13. The molecule has 0 aliphatic rings. The van der Waals surface area contributed by atoms with E-state index in [4.69, 9.17) is 11.6 Å². The van der Waals surface area contributed by atoms with E-state index >= 15 is 0 Å². The minimum atomic E-state index is -0.371. The van der Waals surface area contributed by atoms with Crippen molar-refractivity contribution in [3.05, 3.63) is 64.9 Å². The van der Waals surface area contributed by atoms with Gasteiger partial charge in [0.25, 0.3) is 0 Å². The first kappa shape index (κ1) is 14.0. The number of aromatic nitrogens is 4. The zero-order chi connectivity index (χ0) is 14.7. The Morgan fingerprint density at radius 3 is 2.67 bits per heavy atom. The van der Waals surface area contributed by atoms with Crippen LogP contribution in [-0.4, -0.2) is 20.2 Å². The fraction of sp³-hybridized carbons (Fsp3) is 0.0714. The smallest absolute Gasteiger partial charge is 0.205 e. The average molecular weight is 321 g/mol. The molecule has 1 heterocycles. The molecular weight excluding hydrogens is 311 g/mol. The molecule has 7 heteroatoms. The summed E-state index contributed by atoms with van der Waals surface area (Å²) in [5.74, 6) is 0.235. The quantitative estimate of drug-likeness (QED) is 0.687. The summed E-state index contributed by atoms with van der Waals surface area (Å²) in [6, 6.07) is 13.9. The van der Waals surface area contributed by atoms with E-state index in [0.717, 1.165) is 5.56 Å². The first-order valence-corrected chi connectivity index (χ1v) is 7.51. The fourth-order valence-corrected chi connectivity index (χ4v) is 2.97. The second-order valence-electron chi connectivity index (χ2n) is 4.20. The Kier molecular flexibility index (Phi) is 4.17.